The number of fused-ring (bicyclic) bond motifs is 1. The molecule has 1 aromatic carbocycles. The van der Waals surface area contributed by atoms with Crippen molar-refractivity contribution in [2.24, 2.45) is 0 Å². The van der Waals surface area contributed by atoms with Crippen molar-refractivity contribution in [3.63, 3.8) is 0 Å². The fraction of sp³-hybridized carbons (Fsp3) is 0.312. The molecular weight excluding hydrogens is 238 g/mol. The Morgan fingerprint density at radius 3 is 2.53 bits per heavy atom. The van der Waals surface area contributed by atoms with Crippen molar-refractivity contribution in [3.05, 3.63) is 41.5 Å². The van der Waals surface area contributed by atoms with Crippen LogP contribution in [0.1, 0.15) is 19.4 Å². The largest absolute Gasteiger partial charge is 0.496 e. The smallest absolute Gasteiger partial charge is 0.220 e. The Bertz CT molecular complexity index is 613. The maximum Gasteiger partial charge on any atom is 0.220 e. The molecule has 2 aromatic rings. The van der Waals surface area contributed by atoms with Gasteiger partial charge in [-0.3, -0.25) is 0 Å². The number of benzene rings is 1. The lowest BCUT2D eigenvalue weighted by atomic mass is 10.1. The van der Waals surface area contributed by atoms with Gasteiger partial charge in [-0.05, 0) is 32.4 Å². The van der Waals surface area contributed by atoms with Gasteiger partial charge in [0.2, 0.25) is 5.88 Å². The number of nitrogens with zero attached hydrogens (tertiary/aromatic N) is 1. The van der Waals surface area contributed by atoms with E-state index in [1.807, 2.05) is 24.3 Å². The molecule has 0 unspecified atom stereocenters. The monoisotopic (exact) mass is 257 g/mol. The van der Waals surface area contributed by atoms with Gasteiger partial charge in [0.1, 0.15) is 5.75 Å². The molecule has 3 heteroatoms. The molecule has 2 rings (SSSR count). The Morgan fingerprint density at radius 1 is 1.16 bits per heavy atom. The highest BCUT2D eigenvalue weighted by atomic mass is 16.5. The first kappa shape index (κ1) is 13.4. The Hall–Kier alpha value is -2.03. The van der Waals surface area contributed by atoms with E-state index in [2.05, 4.69) is 24.9 Å². The van der Waals surface area contributed by atoms with Gasteiger partial charge in [0, 0.05) is 5.39 Å². The second-order valence-corrected chi connectivity index (χ2v) is 4.64. The fourth-order valence-corrected chi connectivity index (χ4v) is 2.09. The number of aromatic nitrogens is 1. The third-order valence-electron chi connectivity index (χ3n) is 3.01. The topological polar surface area (TPSA) is 31.4 Å². The summed E-state index contributed by atoms with van der Waals surface area (Å²) in [6.07, 6.45) is 2.91. The molecule has 0 aliphatic carbocycles. The lowest BCUT2D eigenvalue weighted by Crippen LogP contribution is -2.00. The van der Waals surface area contributed by atoms with E-state index in [1.54, 1.807) is 14.2 Å². The molecule has 0 saturated heterocycles. The predicted molar refractivity (Wildman–Crippen MR) is 78.0 cm³/mol. The number of ether oxygens (including phenoxy) is 2. The van der Waals surface area contributed by atoms with Gasteiger partial charge in [-0.15, -0.1) is 0 Å². The van der Waals surface area contributed by atoms with Gasteiger partial charge in [0.25, 0.3) is 0 Å². The van der Waals surface area contributed by atoms with E-state index in [0.717, 1.165) is 28.6 Å². The van der Waals surface area contributed by atoms with Gasteiger partial charge in [-0.2, -0.15) is 0 Å². The zero-order chi connectivity index (χ0) is 13.8. The molecule has 0 aliphatic heterocycles. The Morgan fingerprint density at radius 2 is 1.89 bits per heavy atom. The Labute approximate surface area is 113 Å². The van der Waals surface area contributed by atoms with Gasteiger partial charge in [-0.1, -0.05) is 23.8 Å². The summed E-state index contributed by atoms with van der Waals surface area (Å²) in [5.74, 6) is 1.48. The minimum absolute atomic E-state index is 0.632. The van der Waals surface area contributed by atoms with E-state index in [9.17, 15) is 0 Å². The maximum atomic E-state index is 5.58. The van der Waals surface area contributed by atoms with Crippen LogP contribution in [0.5, 0.6) is 11.6 Å². The van der Waals surface area contributed by atoms with Crippen molar-refractivity contribution in [1.82, 2.24) is 4.98 Å². The minimum Gasteiger partial charge on any atom is -0.496 e. The molecule has 0 N–H and O–H groups in total. The van der Waals surface area contributed by atoms with Crippen LogP contribution >= 0.6 is 0 Å². The number of methoxy groups -OCH3 is 2. The molecular formula is C16H19NO2. The predicted octanol–water partition coefficient (Wildman–Crippen LogP) is 3.76. The van der Waals surface area contributed by atoms with E-state index in [-0.39, 0.29) is 0 Å². The highest BCUT2D eigenvalue weighted by Crippen LogP contribution is 2.34. The second kappa shape index (κ2) is 5.74. The van der Waals surface area contributed by atoms with Crippen LogP contribution in [0.2, 0.25) is 0 Å². The number of para-hydroxylation sites is 1. The molecule has 0 aliphatic rings. The molecule has 0 atom stereocenters. The van der Waals surface area contributed by atoms with Crippen molar-refractivity contribution in [2.75, 3.05) is 14.2 Å². The molecule has 19 heavy (non-hydrogen) atoms. The molecule has 0 saturated carbocycles. The highest BCUT2D eigenvalue weighted by molar-refractivity contribution is 5.87. The Balaban J connectivity index is 2.67. The van der Waals surface area contributed by atoms with Crippen LogP contribution in [0.4, 0.5) is 0 Å². The first-order valence-electron chi connectivity index (χ1n) is 6.30. The summed E-state index contributed by atoms with van der Waals surface area (Å²) in [5, 5.41) is 1.02. The van der Waals surface area contributed by atoms with E-state index in [0.29, 0.717) is 5.88 Å². The zero-order valence-electron chi connectivity index (χ0n) is 11.9. The van der Waals surface area contributed by atoms with Gasteiger partial charge in [0.05, 0.1) is 25.3 Å². The van der Waals surface area contributed by atoms with Gasteiger partial charge in [0.15, 0.2) is 0 Å². The van der Waals surface area contributed by atoms with Crippen molar-refractivity contribution in [1.29, 1.82) is 0 Å². The second-order valence-electron chi connectivity index (χ2n) is 4.64. The van der Waals surface area contributed by atoms with Crippen LogP contribution in [0.3, 0.4) is 0 Å². The summed E-state index contributed by atoms with van der Waals surface area (Å²) < 4.78 is 11.0. The van der Waals surface area contributed by atoms with Gasteiger partial charge < -0.3 is 9.47 Å². The lowest BCUT2D eigenvalue weighted by Gasteiger charge is -2.14. The first-order valence-corrected chi connectivity index (χ1v) is 6.30. The third kappa shape index (κ3) is 2.70. The molecule has 1 aromatic heterocycles. The molecule has 0 spiro atoms. The van der Waals surface area contributed by atoms with Crippen molar-refractivity contribution in [3.8, 4) is 11.6 Å². The molecule has 0 bridgehead atoms. The van der Waals surface area contributed by atoms with Crippen molar-refractivity contribution >= 4 is 10.9 Å². The number of pyridine rings is 1. The lowest BCUT2D eigenvalue weighted by molar-refractivity contribution is 0.379. The average Bonchev–Trinajstić information content (AvgIpc) is 2.43. The SMILES string of the molecule is COc1nc2ccccc2c(OC)c1CC=C(C)C. The van der Waals surface area contributed by atoms with E-state index >= 15 is 0 Å². The molecule has 100 valence electrons. The normalized spacial score (nSPS) is 10.3. The average molecular weight is 257 g/mol. The van der Waals surface area contributed by atoms with E-state index in [4.69, 9.17) is 9.47 Å². The standard InChI is InChI=1S/C16H19NO2/c1-11(2)9-10-13-15(18-3)12-7-5-6-8-14(12)17-16(13)19-4/h5-9H,10H2,1-4H3. The quantitative estimate of drug-likeness (QED) is 0.781. The van der Waals surface area contributed by atoms with Crippen LogP contribution in [0, 0.1) is 0 Å². The summed E-state index contributed by atoms with van der Waals surface area (Å²) >= 11 is 0. The van der Waals surface area contributed by atoms with Crippen molar-refractivity contribution < 1.29 is 9.47 Å². The summed E-state index contributed by atoms with van der Waals surface area (Å²) in [6.45, 7) is 4.15. The van der Waals surface area contributed by atoms with E-state index < -0.39 is 0 Å². The number of hydrogen-bond acceptors (Lipinski definition) is 3. The fourth-order valence-electron chi connectivity index (χ4n) is 2.09. The van der Waals surface area contributed by atoms with Crippen LogP contribution in [-0.4, -0.2) is 19.2 Å². The molecule has 0 amide bonds. The minimum atomic E-state index is 0.632. The van der Waals surface area contributed by atoms with Crippen LogP contribution in [0.15, 0.2) is 35.9 Å². The van der Waals surface area contributed by atoms with Crippen LogP contribution in [0.25, 0.3) is 10.9 Å². The zero-order valence-corrected chi connectivity index (χ0v) is 11.9. The molecule has 0 radical (unpaired) electrons. The van der Waals surface area contributed by atoms with Crippen LogP contribution < -0.4 is 9.47 Å². The number of allylic oxidation sites excluding steroid dienone is 2. The summed E-state index contributed by atoms with van der Waals surface area (Å²) in [5.41, 5.74) is 3.14. The first-order chi connectivity index (χ1) is 9.17. The number of rotatable bonds is 4. The number of hydrogen-bond donors (Lipinski definition) is 0. The van der Waals surface area contributed by atoms with Gasteiger partial charge in [-0.25, -0.2) is 4.98 Å². The van der Waals surface area contributed by atoms with Gasteiger partial charge >= 0.3 is 0 Å². The Kier molecular flexibility index (Phi) is 4.05. The maximum absolute atomic E-state index is 5.58. The van der Waals surface area contributed by atoms with E-state index in [1.165, 1.54) is 5.57 Å². The molecule has 3 nitrogen and oxygen atoms in total. The summed E-state index contributed by atoms with van der Waals surface area (Å²) in [4.78, 5) is 4.55. The highest BCUT2D eigenvalue weighted by Gasteiger charge is 2.15. The molecule has 0 fully saturated rings. The molecule has 1 heterocycles. The third-order valence-corrected chi connectivity index (χ3v) is 3.01. The van der Waals surface area contributed by atoms with Crippen LogP contribution in [-0.2, 0) is 6.42 Å². The van der Waals surface area contributed by atoms with Crippen molar-refractivity contribution in [2.45, 2.75) is 20.3 Å². The summed E-state index contributed by atoms with van der Waals surface area (Å²) in [7, 11) is 3.33. The summed E-state index contributed by atoms with van der Waals surface area (Å²) in [6, 6.07) is 7.94.